The zero-order valence-corrected chi connectivity index (χ0v) is 13.6. The normalized spacial score (nSPS) is 16.7. The first-order valence-electron chi connectivity index (χ1n) is 5.85. The molecule has 0 bridgehead atoms. The molecule has 1 aliphatic rings. The van der Waals surface area contributed by atoms with Crippen molar-refractivity contribution in [2.45, 2.75) is 43.2 Å². The van der Waals surface area contributed by atoms with E-state index in [9.17, 15) is 13.2 Å². The van der Waals surface area contributed by atoms with Crippen LogP contribution in [0.25, 0.3) is 0 Å². The predicted octanol–water partition coefficient (Wildman–Crippen LogP) is -1.29. The summed E-state index contributed by atoms with van der Waals surface area (Å²) in [5.74, 6) is -0.551. The maximum Gasteiger partial charge on any atom is 1.00 e. The van der Waals surface area contributed by atoms with Crippen LogP contribution in [0.15, 0.2) is 21.6 Å². The van der Waals surface area contributed by atoms with Gasteiger partial charge in [0.25, 0.3) is 5.91 Å². The summed E-state index contributed by atoms with van der Waals surface area (Å²) < 4.78 is 35.1. The van der Waals surface area contributed by atoms with Crippen molar-refractivity contribution in [1.29, 1.82) is 0 Å². The Balaban J connectivity index is 0.00000180. The van der Waals surface area contributed by atoms with Crippen LogP contribution >= 0.6 is 0 Å². The first-order chi connectivity index (χ1) is 8.47. The van der Waals surface area contributed by atoms with E-state index in [0.29, 0.717) is 0 Å². The van der Waals surface area contributed by atoms with E-state index in [1.54, 1.807) is 0 Å². The van der Waals surface area contributed by atoms with Crippen LogP contribution in [0.3, 0.4) is 0 Å². The molecule has 19 heavy (non-hydrogen) atoms. The summed E-state index contributed by atoms with van der Waals surface area (Å²) in [6.45, 7) is 0. The standard InChI is InChI=1S/C11H15NO5S.Na.H/c13-11(12-8-4-2-1-3-5-8)9-6-7-10(17-9)18(14,15)16;;/h6-8H,1-5H2,(H,12,13)(H,14,15,16);;/q;+1;-1. The van der Waals surface area contributed by atoms with Crippen molar-refractivity contribution in [2.24, 2.45) is 0 Å². The van der Waals surface area contributed by atoms with Gasteiger partial charge in [-0.05, 0) is 25.0 Å². The van der Waals surface area contributed by atoms with E-state index in [1.807, 2.05) is 0 Å². The number of hydrogen-bond donors (Lipinski definition) is 2. The maximum atomic E-state index is 11.8. The van der Waals surface area contributed by atoms with E-state index in [2.05, 4.69) is 5.32 Å². The van der Waals surface area contributed by atoms with Crippen molar-refractivity contribution in [3.05, 3.63) is 17.9 Å². The molecule has 0 aromatic carbocycles. The minimum Gasteiger partial charge on any atom is -1.00 e. The van der Waals surface area contributed by atoms with Crippen LogP contribution in [0.5, 0.6) is 0 Å². The molecule has 1 aromatic rings. The molecule has 1 aliphatic carbocycles. The average molecular weight is 297 g/mol. The summed E-state index contributed by atoms with van der Waals surface area (Å²) in [5, 5.41) is 2.18. The summed E-state index contributed by atoms with van der Waals surface area (Å²) in [6.07, 6.45) is 5.20. The molecule has 1 saturated carbocycles. The van der Waals surface area contributed by atoms with Crippen LogP contribution in [0.2, 0.25) is 0 Å². The molecule has 1 amide bonds. The van der Waals surface area contributed by atoms with Gasteiger partial charge in [-0.15, -0.1) is 0 Å². The van der Waals surface area contributed by atoms with Crippen LogP contribution < -0.4 is 34.9 Å². The molecule has 6 nitrogen and oxygen atoms in total. The first-order valence-corrected chi connectivity index (χ1v) is 7.29. The Morgan fingerprint density at radius 3 is 2.47 bits per heavy atom. The van der Waals surface area contributed by atoms with Gasteiger partial charge < -0.3 is 11.2 Å². The second-order valence-electron chi connectivity index (χ2n) is 4.40. The van der Waals surface area contributed by atoms with Gasteiger partial charge in [0.1, 0.15) is 0 Å². The molecule has 0 unspecified atom stereocenters. The second kappa shape index (κ2) is 6.90. The zero-order valence-electron chi connectivity index (χ0n) is 11.8. The summed E-state index contributed by atoms with van der Waals surface area (Å²) in [4.78, 5) is 11.8. The minimum absolute atomic E-state index is 0. The fraction of sp³-hybridized carbons (Fsp3) is 0.545. The van der Waals surface area contributed by atoms with Gasteiger partial charge in [-0.3, -0.25) is 9.35 Å². The van der Waals surface area contributed by atoms with Crippen LogP contribution in [-0.4, -0.2) is 24.9 Å². The van der Waals surface area contributed by atoms with Crippen molar-refractivity contribution in [2.75, 3.05) is 0 Å². The summed E-state index contributed by atoms with van der Waals surface area (Å²) in [5.41, 5.74) is 0. The number of nitrogens with one attached hydrogen (secondary N) is 1. The van der Waals surface area contributed by atoms with Crippen LogP contribution in [0.1, 0.15) is 44.1 Å². The monoisotopic (exact) mass is 297 g/mol. The van der Waals surface area contributed by atoms with Gasteiger partial charge in [0, 0.05) is 6.04 Å². The quantitative estimate of drug-likeness (QED) is 0.534. The third-order valence-corrected chi connectivity index (χ3v) is 3.73. The number of rotatable bonds is 3. The third-order valence-electron chi connectivity index (χ3n) is 3.00. The number of carbonyl (C=O) groups excluding carboxylic acids is 1. The summed E-state index contributed by atoms with van der Waals surface area (Å²) in [6, 6.07) is 2.41. The number of furan rings is 1. The molecular weight excluding hydrogens is 281 g/mol. The number of hydrogen-bond acceptors (Lipinski definition) is 4. The molecule has 1 fully saturated rings. The van der Waals surface area contributed by atoms with Gasteiger partial charge >= 0.3 is 39.7 Å². The molecule has 0 spiro atoms. The van der Waals surface area contributed by atoms with Crippen molar-refractivity contribution < 1.29 is 53.2 Å². The van der Waals surface area contributed by atoms with E-state index in [-0.39, 0.29) is 42.8 Å². The van der Waals surface area contributed by atoms with Gasteiger partial charge in [0.05, 0.1) is 0 Å². The van der Waals surface area contributed by atoms with Crippen LogP contribution in [-0.2, 0) is 10.1 Å². The van der Waals surface area contributed by atoms with Crippen molar-refractivity contribution >= 4 is 16.0 Å². The average Bonchev–Trinajstić information content (AvgIpc) is 2.79. The Morgan fingerprint density at radius 1 is 1.32 bits per heavy atom. The van der Waals surface area contributed by atoms with Crippen LogP contribution in [0.4, 0.5) is 0 Å². The molecule has 0 atom stereocenters. The molecular formula is C11H16NNaO5S. The Hall–Kier alpha value is -0.340. The van der Waals surface area contributed by atoms with Crippen molar-refractivity contribution in [3.63, 3.8) is 0 Å². The Bertz CT molecular complexity index is 539. The fourth-order valence-corrected chi connectivity index (χ4v) is 2.52. The molecule has 8 heteroatoms. The predicted molar refractivity (Wildman–Crippen MR) is 64.0 cm³/mol. The summed E-state index contributed by atoms with van der Waals surface area (Å²) >= 11 is 0. The van der Waals surface area contributed by atoms with Gasteiger partial charge in [0.2, 0.25) is 5.09 Å². The van der Waals surface area contributed by atoms with Crippen molar-refractivity contribution in [3.8, 4) is 0 Å². The molecule has 1 heterocycles. The molecule has 0 saturated heterocycles. The van der Waals surface area contributed by atoms with Gasteiger partial charge in [0.15, 0.2) is 5.76 Å². The third kappa shape index (κ3) is 4.61. The molecule has 0 aliphatic heterocycles. The topological polar surface area (TPSA) is 96.6 Å². The van der Waals surface area contributed by atoms with E-state index in [0.717, 1.165) is 31.7 Å². The summed E-state index contributed by atoms with van der Waals surface area (Å²) in [7, 11) is -4.40. The van der Waals surface area contributed by atoms with E-state index >= 15 is 0 Å². The van der Waals surface area contributed by atoms with E-state index in [1.165, 1.54) is 12.5 Å². The molecule has 0 radical (unpaired) electrons. The number of amides is 1. The maximum absolute atomic E-state index is 11.8. The molecule has 2 N–H and O–H groups in total. The molecule has 2 rings (SSSR count). The Morgan fingerprint density at radius 2 is 1.95 bits per heavy atom. The fourth-order valence-electron chi connectivity index (χ4n) is 2.08. The van der Waals surface area contributed by atoms with Crippen LogP contribution in [0, 0.1) is 0 Å². The van der Waals surface area contributed by atoms with Gasteiger partial charge in [-0.1, -0.05) is 19.3 Å². The largest absolute Gasteiger partial charge is 1.00 e. The Labute approximate surface area is 135 Å². The van der Waals surface area contributed by atoms with E-state index < -0.39 is 21.1 Å². The number of carbonyl (C=O) groups is 1. The SMILES string of the molecule is O=C(NC1CCCCC1)c1ccc(S(=O)(=O)O)o1.[H-].[Na+]. The first kappa shape index (κ1) is 16.7. The molecule has 102 valence electrons. The Kier molecular flexibility index (Phi) is 6.07. The van der Waals surface area contributed by atoms with Crippen molar-refractivity contribution in [1.82, 2.24) is 5.32 Å². The minimum atomic E-state index is -4.40. The molecule has 1 aromatic heterocycles. The zero-order chi connectivity index (χ0) is 13.2. The van der Waals surface area contributed by atoms with Gasteiger partial charge in [-0.25, -0.2) is 0 Å². The van der Waals surface area contributed by atoms with Gasteiger partial charge in [-0.2, -0.15) is 8.42 Å². The smallest absolute Gasteiger partial charge is 1.00 e. The van der Waals surface area contributed by atoms with E-state index in [4.69, 9.17) is 8.97 Å². The second-order valence-corrected chi connectivity index (χ2v) is 5.75.